The van der Waals surface area contributed by atoms with Crippen molar-refractivity contribution in [3.05, 3.63) is 82.9 Å². The summed E-state index contributed by atoms with van der Waals surface area (Å²) in [5, 5.41) is 3.13. The second-order valence-corrected chi connectivity index (χ2v) is 10.2. The molecule has 0 aliphatic carbocycles. The minimum absolute atomic E-state index is 0.0195. The molecule has 0 bridgehead atoms. The highest BCUT2D eigenvalue weighted by Crippen LogP contribution is 2.36. The second kappa shape index (κ2) is 15.0. The summed E-state index contributed by atoms with van der Waals surface area (Å²) in [4.78, 5) is 38.5. The largest absolute Gasteiger partial charge is 0.469 e. The Morgan fingerprint density at radius 3 is 2.19 bits per heavy atom. The number of esters is 1. The molecule has 2 amide bonds. The third-order valence-corrected chi connectivity index (χ3v) is 7.47. The van der Waals surface area contributed by atoms with E-state index in [0.29, 0.717) is 63.2 Å². The number of carbonyl (C=O) groups is 3. The molecule has 0 spiro atoms. The average molecular weight is 601 g/mol. The van der Waals surface area contributed by atoms with Gasteiger partial charge in [0.25, 0.3) is 11.8 Å². The first-order chi connectivity index (χ1) is 20.7. The van der Waals surface area contributed by atoms with E-state index in [9.17, 15) is 27.6 Å². The minimum Gasteiger partial charge on any atom is -0.469 e. The van der Waals surface area contributed by atoms with Crippen LogP contribution in [-0.2, 0) is 25.2 Å². The Morgan fingerprint density at radius 2 is 1.51 bits per heavy atom. The molecule has 1 heterocycles. The van der Waals surface area contributed by atoms with Crippen LogP contribution in [0.3, 0.4) is 0 Å². The SMILES string of the molecule is COC(=O)CCOCCOCCNC(=O)c1ccc(C2CCN(C(=O)c3cccc4c(C(F)(F)F)cccc34)CC2)cc1. The van der Waals surface area contributed by atoms with Gasteiger partial charge in [-0.2, -0.15) is 13.2 Å². The maximum Gasteiger partial charge on any atom is 0.417 e. The Balaban J connectivity index is 1.22. The van der Waals surface area contributed by atoms with Crippen molar-refractivity contribution < 1.29 is 41.8 Å². The van der Waals surface area contributed by atoms with E-state index in [-0.39, 0.29) is 47.7 Å². The van der Waals surface area contributed by atoms with Crippen molar-refractivity contribution in [3.63, 3.8) is 0 Å². The summed E-state index contributed by atoms with van der Waals surface area (Å²) in [6.45, 7) is 2.57. The highest BCUT2D eigenvalue weighted by atomic mass is 19.4. The molecular weight excluding hydrogens is 565 g/mol. The monoisotopic (exact) mass is 600 g/mol. The van der Waals surface area contributed by atoms with Gasteiger partial charge in [-0.3, -0.25) is 14.4 Å². The number of nitrogens with one attached hydrogen (secondary N) is 1. The van der Waals surface area contributed by atoms with Crippen LogP contribution in [0.15, 0.2) is 60.7 Å². The second-order valence-electron chi connectivity index (χ2n) is 10.2. The van der Waals surface area contributed by atoms with Crippen LogP contribution in [-0.4, -0.2) is 75.9 Å². The molecule has 4 rings (SSSR count). The van der Waals surface area contributed by atoms with Gasteiger partial charge in [-0.15, -0.1) is 0 Å². The molecule has 1 aliphatic rings. The van der Waals surface area contributed by atoms with E-state index in [2.05, 4.69) is 10.1 Å². The summed E-state index contributed by atoms with van der Waals surface area (Å²) in [6, 6.07) is 15.8. The van der Waals surface area contributed by atoms with E-state index in [1.54, 1.807) is 29.2 Å². The maximum atomic E-state index is 13.5. The van der Waals surface area contributed by atoms with Gasteiger partial charge < -0.3 is 24.4 Å². The molecule has 0 unspecified atom stereocenters. The van der Waals surface area contributed by atoms with Crippen LogP contribution in [0.2, 0.25) is 0 Å². The van der Waals surface area contributed by atoms with Gasteiger partial charge in [-0.25, -0.2) is 0 Å². The van der Waals surface area contributed by atoms with Crippen LogP contribution in [0.25, 0.3) is 10.8 Å². The Hall–Kier alpha value is -3.96. The third-order valence-electron chi connectivity index (χ3n) is 7.47. The molecule has 1 aliphatic heterocycles. The number of hydrogen-bond acceptors (Lipinski definition) is 6. The van der Waals surface area contributed by atoms with Gasteiger partial charge in [-0.05, 0) is 59.4 Å². The van der Waals surface area contributed by atoms with Crippen molar-refractivity contribution in [1.29, 1.82) is 0 Å². The number of amides is 2. The summed E-state index contributed by atoms with van der Waals surface area (Å²) >= 11 is 0. The number of benzene rings is 3. The van der Waals surface area contributed by atoms with Crippen molar-refractivity contribution in [2.45, 2.75) is 31.4 Å². The number of ether oxygens (including phenoxy) is 3. The molecular formula is C32H35F3N2O6. The number of rotatable bonds is 12. The molecule has 1 saturated heterocycles. The lowest BCUT2D eigenvalue weighted by atomic mass is 9.88. The topological polar surface area (TPSA) is 94.2 Å². The summed E-state index contributed by atoms with van der Waals surface area (Å²) in [5.41, 5.74) is 1.11. The Morgan fingerprint density at radius 1 is 0.860 bits per heavy atom. The van der Waals surface area contributed by atoms with Gasteiger partial charge in [0.1, 0.15) is 0 Å². The van der Waals surface area contributed by atoms with Crippen LogP contribution in [0, 0.1) is 0 Å². The fourth-order valence-corrected chi connectivity index (χ4v) is 5.15. The summed E-state index contributed by atoms with van der Waals surface area (Å²) in [6.07, 6.45) is -2.90. The van der Waals surface area contributed by atoms with E-state index in [0.717, 1.165) is 11.6 Å². The molecule has 0 saturated carbocycles. The van der Waals surface area contributed by atoms with E-state index in [1.165, 1.54) is 25.3 Å². The Kier molecular flexibility index (Phi) is 11.1. The molecule has 0 radical (unpaired) electrons. The number of likely N-dealkylation sites (tertiary alicyclic amines) is 1. The number of methoxy groups -OCH3 is 1. The number of fused-ring (bicyclic) bond motifs is 1. The van der Waals surface area contributed by atoms with Gasteiger partial charge in [-0.1, -0.05) is 36.4 Å². The predicted molar refractivity (Wildman–Crippen MR) is 154 cm³/mol. The quantitative estimate of drug-likeness (QED) is 0.227. The minimum atomic E-state index is -4.50. The van der Waals surface area contributed by atoms with Crippen molar-refractivity contribution >= 4 is 28.6 Å². The van der Waals surface area contributed by atoms with Crippen LogP contribution in [0.4, 0.5) is 13.2 Å². The first-order valence-corrected chi connectivity index (χ1v) is 14.2. The van der Waals surface area contributed by atoms with Crippen molar-refractivity contribution in [2.24, 2.45) is 0 Å². The van der Waals surface area contributed by atoms with Crippen molar-refractivity contribution in [3.8, 4) is 0 Å². The zero-order valence-electron chi connectivity index (χ0n) is 24.0. The van der Waals surface area contributed by atoms with E-state index in [4.69, 9.17) is 9.47 Å². The van der Waals surface area contributed by atoms with Gasteiger partial charge >= 0.3 is 12.1 Å². The lowest BCUT2D eigenvalue weighted by Crippen LogP contribution is -2.38. The highest BCUT2D eigenvalue weighted by Gasteiger charge is 2.33. The van der Waals surface area contributed by atoms with Gasteiger partial charge in [0.05, 0.1) is 45.5 Å². The molecule has 3 aromatic rings. The zero-order chi connectivity index (χ0) is 30.8. The summed E-state index contributed by atoms with van der Waals surface area (Å²) in [5.74, 6) is -0.616. The van der Waals surface area contributed by atoms with Gasteiger partial charge in [0.2, 0.25) is 0 Å². The van der Waals surface area contributed by atoms with Crippen molar-refractivity contribution in [1.82, 2.24) is 10.2 Å². The highest BCUT2D eigenvalue weighted by molar-refractivity contribution is 6.07. The molecule has 1 fully saturated rings. The van der Waals surface area contributed by atoms with Gasteiger partial charge in [0.15, 0.2) is 0 Å². The number of nitrogens with zero attached hydrogens (tertiary/aromatic N) is 1. The Bertz CT molecular complexity index is 1400. The van der Waals surface area contributed by atoms with Crippen LogP contribution in [0.1, 0.15) is 57.0 Å². The molecule has 11 heteroatoms. The van der Waals surface area contributed by atoms with Gasteiger partial charge in [0, 0.05) is 30.8 Å². The van der Waals surface area contributed by atoms with Crippen LogP contribution in [0.5, 0.6) is 0 Å². The lowest BCUT2D eigenvalue weighted by Gasteiger charge is -2.32. The number of alkyl halides is 3. The summed E-state index contributed by atoms with van der Waals surface area (Å²) in [7, 11) is 1.32. The van der Waals surface area contributed by atoms with E-state index < -0.39 is 11.7 Å². The van der Waals surface area contributed by atoms with Crippen LogP contribution >= 0.6 is 0 Å². The lowest BCUT2D eigenvalue weighted by molar-refractivity contribution is -0.142. The normalized spacial score (nSPS) is 14.1. The first-order valence-electron chi connectivity index (χ1n) is 14.2. The summed E-state index contributed by atoms with van der Waals surface area (Å²) < 4.78 is 55.7. The Labute approximate surface area is 248 Å². The fourth-order valence-electron chi connectivity index (χ4n) is 5.15. The fraction of sp³-hybridized carbons (Fsp3) is 0.406. The van der Waals surface area contributed by atoms with Crippen LogP contribution < -0.4 is 5.32 Å². The molecule has 0 aromatic heterocycles. The number of carbonyl (C=O) groups excluding carboxylic acids is 3. The maximum absolute atomic E-state index is 13.5. The number of halogens is 3. The smallest absolute Gasteiger partial charge is 0.417 e. The molecule has 230 valence electrons. The number of hydrogen-bond donors (Lipinski definition) is 1. The van der Waals surface area contributed by atoms with E-state index in [1.807, 2.05) is 12.1 Å². The first kappa shape index (κ1) is 32.0. The third kappa shape index (κ3) is 8.55. The number of piperidine rings is 1. The predicted octanol–water partition coefficient (Wildman–Crippen LogP) is 5.20. The average Bonchev–Trinajstić information content (AvgIpc) is 3.02. The molecule has 8 nitrogen and oxygen atoms in total. The molecule has 3 aromatic carbocycles. The molecule has 1 N–H and O–H groups in total. The standard InChI is InChI=1S/C32H35F3N2O6/c1-41-29(38)14-18-42-20-21-43-19-15-36-30(39)24-10-8-22(9-11-24)23-12-16-37(17-13-23)31(40)27-6-2-5-26-25(27)4-3-7-28(26)32(33,34)35/h2-11,23H,12-21H2,1H3,(H,36,39). The van der Waals surface area contributed by atoms with E-state index >= 15 is 0 Å². The zero-order valence-corrected chi connectivity index (χ0v) is 24.0. The molecule has 43 heavy (non-hydrogen) atoms. The van der Waals surface area contributed by atoms with Crippen molar-refractivity contribution in [2.75, 3.05) is 53.2 Å². The molecule has 0 atom stereocenters.